The van der Waals surface area contributed by atoms with Crippen molar-refractivity contribution in [2.24, 2.45) is 5.92 Å². The summed E-state index contributed by atoms with van der Waals surface area (Å²) in [5.74, 6) is 0.656. The van der Waals surface area contributed by atoms with Crippen molar-refractivity contribution in [3.63, 3.8) is 0 Å². The predicted octanol–water partition coefficient (Wildman–Crippen LogP) is 7.81. The highest BCUT2D eigenvalue weighted by atomic mass is 16.5. The van der Waals surface area contributed by atoms with E-state index in [1.165, 1.54) is 24.0 Å². The zero-order valence-electron chi connectivity index (χ0n) is 22.5. The first-order valence-electron chi connectivity index (χ1n) is 13.0. The second-order valence-corrected chi connectivity index (χ2v) is 11.1. The summed E-state index contributed by atoms with van der Waals surface area (Å²) in [6, 6.07) is 16.3. The number of allylic oxidation sites excluding steroid dienone is 2. The van der Waals surface area contributed by atoms with E-state index in [-0.39, 0.29) is 5.41 Å². The Morgan fingerprint density at radius 3 is 2.39 bits per heavy atom. The number of rotatable bonds is 9. The van der Waals surface area contributed by atoms with Gasteiger partial charge in [0.1, 0.15) is 11.4 Å². The van der Waals surface area contributed by atoms with Crippen LogP contribution in [0.15, 0.2) is 60.2 Å². The van der Waals surface area contributed by atoms with Crippen LogP contribution in [0, 0.1) is 12.8 Å². The molecule has 1 heterocycles. The summed E-state index contributed by atoms with van der Waals surface area (Å²) in [7, 11) is 1.66. The van der Waals surface area contributed by atoms with Crippen molar-refractivity contribution >= 4 is 5.97 Å². The molecule has 0 unspecified atom stereocenters. The number of carboxylic acid groups (broad SMARTS) is 1. The van der Waals surface area contributed by atoms with E-state index in [0.29, 0.717) is 12.2 Å². The fourth-order valence-corrected chi connectivity index (χ4v) is 5.06. The van der Waals surface area contributed by atoms with Crippen molar-refractivity contribution in [2.45, 2.75) is 72.3 Å². The molecular weight excluding hydrogens is 446 g/mol. The molecule has 36 heavy (non-hydrogen) atoms. The molecule has 4 heteroatoms. The molecule has 0 atom stereocenters. The largest absolute Gasteiger partial charge is 0.497 e. The average Bonchev–Trinajstić information content (AvgIpc) is 3.62. The van der Waals surface area contributed by atoms with Crippen molar-refractivity contribution in [3.05, 3.63) is 88.3 Å². The Balaban J connectivity index is 1.86. The van der Waals surface area contributed by atoms with E-state index in [1.54, 1.807) is 7.11 Å². The van der Waals surface area contributed by atoms with Gasteiger partial charge in [-0.05, 0) is 78.8 Å². The van der Waals surface area contributed by atoms with E-state index in [1.807, 2.05) is 28.8 Å². The van der Waals surface area contributed by atoms with Crippen LogP contribution < -0.4 is 4.74 Å². The lowest BCUT2D eigenvalue weighted by Gasteiger charge is -2.19. The van der Waals surface area contributed by atoms with Gasteiger partial charge >= 0.3 is 5.97 Å². The van der Waals surface area contributed by atoms with Gasteiger partial charge in [0.15, 0.2) is 0 Å². The molecule has 1 aliphatic carbocycles. The first-order chi connectivity index (χ1) is 17.1. The molecule has 1 aromatic heterocycles. The molecule has 2 aromatic carbocycles. The lowest BCUT2D eigenvalue weighted by Crippen LogP contribution is -2.14. The summed E-state index contributed by atoms with van der Waals surface area (Å²) >= 11 is 0. The number of ether oxygens (including phenoxy) is 1. The molecule has 0 radical (unpaired) electrons. The number of aromatic nitrogens is 1. The smallest absolute Gasteiger partial charge is 0.353 e. The van der Waals surface area contributed by atoms with E-state index >= 15 is 0 Å². The summed E-state index contributed by atoms with van der Waals surface area (Å²) in [5.41, 5.74) is 7.94. The Bertz CT molecular complexity index is 1270. The second-order valence-electron chi connectivity index (χ2n) is 11.1. The average molecular weight is 486 g/mol. The van der Waals surface area contributed by atoms with Gasteiger partial charge in [-0.15, -0.1) is 0 Å². The highest BCUT2D eigenvalue weighted by molar-refractivity contribution is 5.96. The van der Waals surface area contributed by atoms with Crippen molar-refractivity contribution in [1.82, 2.24) is 4.57 Å². The number of methoxy groups -OCH3 is 1. The minimum absolute atomic E-state index is 0.0380. The summed E-state index contributed by atoms with van der Waals surface area (Å²) in [6.07, 6.45) is 6.68. The molecule has 0 aliphatic heterocycles. The van der Waals surface area contributed by atoms with Gasteiger partial charge in [-0.2, -0.15) is 0 Å². The number of carboxylic acids is 1. The maximum Gasteiger partial charge on any atom is 0.353 e. The van der Waals surface area contributed by atoms with Gasteiger partial charge in [0, 0.05) is 24.2 Å². The van der Waals surface area contributed by atoms with Crippen LogP contribution in [0.25, 0.3) is 11.1 Å². The second kappa shape index (κ2) is 10.4. The molecule has 0 spiro atoms. The molecule has 4 nitrogen and oxygen atoms in total. The van der Waals surface area contributed by atoms with Crippen LogP contribution in [-0.2, 0) is 18.4 Å². The van der Waals surface area contributed by atoms with Gasteiger partial charge in [-0.25, -0.2) is 4.79 Å². The van der Waals surface area contributed by atoms with Crippen LogP contribution in [0.4, 0.5) is 0 Å². The highest BCUT2D eigenvalue weighted by Gasteiger charge is 2.28. The summed E-state index contributed by atoms with van der Waals surface area (Å²) in [5, 5.41) is 10.5. The number of hydrogen-bond acceptors (Lipinski definition) is 2. The molecule has 1 saturated carbocycles. The van der Waals surface area contributed by atoms with Gasteiger partial charge in [0.05, 0.1) is 7.11 Å². The van der Waals surface area contributed by atoms with Crippen molar-refractivity contribution in [1.29, 1.82) is 0 Å². The summed E-state index contributed by atoms with van der Waals surface area (Å²) in [4.78, 5) is 12.8. The predicted molar refractivity (Wildman–Crippen MR) is 147 cm³/mol. The molecule has 0 saturated heterocycles. The van der Waals surface area contributed by atoms with Gasteiger partial charge in [0.2, 0.25) is 0 Å². The standard InChI is InChI=1S/C32H39NO3/c1-7-22(17-23-11-12-23)19-28-21(2)29(25-13-15-26(16-14-25)32(3,4)5)30(31(34)35)33(28)20-24-9-8-10-27(18-24)36-6/h7-10,13-16,18,23H,11-12,17,19-20H2,1-6H3,(H,34,35)/b22-7-. The van der Waals surface area contributed by atoms with E-state index < -0.39 is 5.97 Å². The van der Waals surface area contributed by atoms with Gasteiger partial charge in [0.25, 0.3) is 0 Å². The molecule has 190 valence electrons. The Morgan fingerprint density at radius 1 is 1.14 bits per heavy atom. The maximum atomic E-state index is 12.8. The third-order valence-corrected chi connectivity index (χ3v) is 7.41. The molecule has 4 rings (SSSR count). The molecule has 3 aromatic rings. The lowest BCUT2D eigenvalue weighted by atomic mass is 9.86. The van der Waals surface area contributed by atoms with E-state index in [4.69, 9.17) is 4.74 Å². The van der Waals surface area contributed by atoms with Crippen LogP contribution in [0.3, 0.4) is 0 Å². The summed E-state index contributed by atoms with van der Waals surface area (Å²) in [6.45, 7) is 11.2. The number of hydrogen-bond donors (Lipinski definition) is 1. The van der Waals surface area contributed by atoms with Gasteiger partial charge in [-0.3, -0.25) is 0 Å². The topological polar surface area (TPSA) is 51.5 Å². The summed E-state index contributed by atoms with van der Waals surface area (Å²) < 4.78 is 7.46. The van der Waals surface area contributed by atoms with E-state index in [2.05, 4.69) is 65.0 Å². The molecule has 0 bridgehead atoms. The van der Waals surface area contributed by atoms with E-state index in [0.717, 1.165) is 52.5 Å². The molecule has 0 amide bonds. The first-order valence-corrected chi connectivity index (χ1v) is 13.0. The fraction of sp³-hybridized carbons (Fsp3) is 0.406. The third kappa shape index (κ3) is 5.59. The Hall–Kier alpha value is -3.27. The molecule has 1 aliphatic rings. The molecule has 1 N–H and O–H groups in total. The highest BCUT2D eigenvalue weighted by Crippen LogP contribution is 2.39. The maximum absolute atomic E-state index is 12.8. The van der Waals surface area contributed by atoms with Crippen LogP contribution in [0.5, 0.6) is 5.75 Å². The van der Waals surface area contributed by atoms with Crippen molar-refractivity contribution in [3.8, 4) is 16.9 Å². The minimum Gasteiger partial charge on any atom is -0.497 e. The Kier molecular flexibility index (Phi) is 7.44. The third-order valence-electron chi connectivity index (χ3n) is 7.41. The SMILES string of the molecule is C/C=C(\Cc1c(C)c(-c2ccc(C(C)(C)C)cc2)c(C(=O)O)n1Cc1cccc(OC)c1)CC1CC1. The van der Waals surface area contributed by atoms with Crippen molar-refractivity contribution in [2.75, 3.05) is 7.11 Å². The zero-order valence-corrected chi connectivity index (χ0v) is 22.5. The van der Waals surface area contributed by atoms with Gasteiger partial charge < -0.3 is 14.4 Å². The number of aromatic carboxylic acids is 1. The number of nitrogens with zero attached hydrogens (tertiary/aromatic N) is 1. The lowest BCUT2D eigenvalue weighted by molar-refractivity contribution is 0.0686. The monoisotopic (exact) mass is 485 g/mol. The van der Waals surface area contributed by atoms with E-state index in [9.17, 15) is 9.90 Å². The van der Waals surface area contributed by atoms with Crippen LogP contribution in [-0.4, -0.2) is 22.8 Å². The quantitative estimate of drug-likeness (QED) is 0.315. The Morgan fingerprint density at radius 2 is 1.83 bits per heavy atom. The molecular formula is C32H39NO3. The van der Waals surface area contributed by atoms with Crippen LogP contribution >= 0.6 is 0 Å². The zero-order chi connectivity index (χ0) is 26.0. The van der Waals surface area contributed by atoms with Crippen LogP contribution in [0.1, 0.15) is 79.8 Å². The fourth-order valence-electron chi connectivity index (χ4n) is 5.06. The first kappa shape index (κ1) is 25.8. The Labute approximate surface area is 215 Å². The normalized spacial score (nSPS) is 14.2. The molecule has 1 fully saturated rings. The van der Waals surface area contributed by atoms with Gasteiger partial charge in [-0.1, -0.05) is 68.8 Å². The van der Waals surface area contributed by atoms with Crippen molar-refractivity contribution < 1.29 is 14.6 Å². The van der Waals surface area contributed by atoms with Crippen LogP contribution in [0.2, 0.25) is 0 Å². The number of carbonyl (C=O) groups is 1. The minimum atomic E-state index is -0.897. The number of benzene rings is 2.